The molecular formula is C12H13FO3. The summed E-state index contributed by atoms with van der Waals surface area (Å²) in [5.41, 5.74) is 0.886. The van der Waals surface area contributed by atoms with Gasteiger partial charge in [0.15, 0.2) is 0 Å². The lowest BCUT2D eigenvalue weighted by Crippen LogP contribution is -2.02. The molecule has 0 saturated carbocycles. The first kappa shape index (κ1) is 12.2. The van der Waals surface area contributed by atoms with Crippen molar-refractivity contribution in [1.29, 1.82) is 0 Å². The molecule has 0 unspecified atom stereocenters. The highest BCUT2D eigenvalue weighted by Crippen LogP contribution is 2.12. The lowest BCUT2D eigenvalue weighted by atomic mass is 10.1. The zero-order valence-electron chi connectivity index (χ0n) is 8.94. The van der Waals surface area contributed by atoms with Crippen LogP contribution in [0.15, 0.2) is 24.5 Å². The number of halogens is 1. The summed E-state index contributed by atoms with van der Waals surface area (Å²) in [7, 11) is 0. The van der Waals surface area contributed by atoms with E-state index in [-0.39, 0.29) is 12.0 Å². The first-order chi connectivity index (χ1) is 7.63. The number of carboxylic acids is 1. The zero-order valence-corrected chi connectivity index (χ0v) is 8.94. The highest BCUT2D eigenvalue weighted by molar-refractivity contribution is 5.70. The summed E-state index contributed by atoms with van der Waals surface area (Å²) in [5.74, 6) is -1.55. The van der Waals surface area contributed by atoms with Crippen LogP contribution >= 0.6 is 0 Å². The van der Waals surface area contributed by atoms with Gasteiger partial charge in [-0.05, 0) is 36.3 Å². The van der Waals surface area contributed by atoms with E-state index in [2.05, 4.69) is 0 Å². The van der Waals surface area contributed by atoms with Gasteiger partial charge in [0.2, 0.25) is 0 Å². The number of hydrogen-bond acceptors (Lipinski definition) is 2. The number of benzene rings is 1. The van der Waals surface area contributed by atoms with Crippen molar-refractivity contribution in [2.45, 2.75) is 13.3 Å². The fraction of sp³-hybridized carbons (Fsp3) is 0.250. The molecule has 0 aromatic heterocycles. The van der Waals surface area contributed by atoms with E-state index >= 15 is 0 Å². The molecule has 0 amide bonds. The second-order valence-electron chi connectivity index (χ2n) is 3.18. The fourth-order valence-corrected chi connectivity index (χ4v) is 1.22. The van der Waals surface area contributed by atoms with Crippen molar-refractivity contribution in [3.63, 3.8) is 0 Å². The number of rotatable bonds is 5. The minimum atomic E-state index is -1.05. The van der Waals surface area contributed by atoms with Crippen molar-refractivity contribution in [3.05, 3.63) is 41.4 Å². The standard InChI is InChI=1S/C12H13FO3/c1-2-16-6-5-9-3-4-11(13)10(7-9)8-12(14)15/h3-7H,2,8H2,1H3,(H,14,15)/b6-5+. The van der Waals surface area contributed by atoms with Crippen LogP contribution in [0.25, 0.3) is 6.08 Å². The summed E-state index contributed by atoms with van der Waals surface area (Å²) in [6.45, 7) is 2.41. The van der Waals surface area contributed by atoms with E-state index in [1.165, 1.54) is 18.4 Å². The Labute approximate surface area is 93.2 Å². The molecule has 1 aromatic carbocycles. The number of carboxylic acid groups (broad SMARTS) is 1. The highest BCUT2D eigenvalue weighted by atomic mass is 19.1. The Hall–Kier alpha value is -1.84. The van der Waals surface area contributed by atoms with Gasteiger partial charge in [0.05, 0.1) is 19.3 Å². The summed E-state index contributed by atoms with van der Waals surface area (Å²) in [5, 5.41) is 8.59. The van der Waals surface area contributed by atoms with Crippen LogP contribution in [0, 0.1) is 5.82 Å². The first-order valence-corrected chi connectivity index (χ1v) is 4.92. The van der Waals surface area contributed by atoms with Crippen molar-refractivity contribution in [2.24, 2.45) is 0 Å². The molecule has 0 spiro atoms. The predicted molar refractivity (Wildman–Crippen MR) is 58.4 cm³/mol. The largest absolute Gasteiger partial charge is 0.501 e. The van der Waals surface area contributed by atoms with Crippen LogP contribution in [0.4, 0.5) is 4.39 Å². The Bertz CT molecular complexity index is 399. The van der Waals surface area contributed by atoms with Gasteiger partial charge >= 0.3 is 5.97 Å². The van der Waals surface area contributed by atoms with E-state index in [0.29, 0.717) is 12.2 Å². The normalized spacial score (nSPS) is 10.6. The first-order valence-electron chi connectivity index (χ1n) is 4.92. The molecule has 4 heteroatoms. The molecular weight excluding hydrogens is 211 g/mol. The molecule has 0 atom stereocenters. The molecule has 16 heavy (non-hydrogen) atoms. The van der Waals surface area contributed by atoms with Crippen LogP contribution in [0.3, 0.4) is 0 Å². The Morgan fingerprint density at radius 3 is 2.94 bits per heavy atom. The van der Waals surface area contributed by atoms with Crippen LogP contribution in [0.1, 0.15) is 18.1 Å². The van der Waals surface area contributed by atoms with E-state index in [1.807, 2.05) is 6.92 Å². The summed E-state index contributed by atoms with van der Waals surface area (Å²) < 4.78 is 18.2. The molecule has 0 saturated heterocycles. The van der Waals surface area contributed by atoms with Gasteiger partial charge in [-0.2, -0.15) is 0 Å². The van der Waals surface area contributed by atoms with E-state index in [0.717, 1.165) is 0 Å². The van der Waals surface area contributed by atoms with Crippen molar-refractivity contribution in [3.8, 4) is 0 Å². The zero-order chi connectivity index (χ0) is 12.0. The van der Waals surface area contributed by atoms with Crippen molar-refractivity contribution in [2.75, 3.05) is 6.61 Å². The molecule has 1 aromatic rings. The average Bonchev–Trinajstić information content (AvgIpc) is 2.22. The van der Waals surface area contributed by atoms with Crippen LogP contribution in [-0.4, -0.2) is 17.7 Å². The van der Waals surface area contributed by atoms with E-state index in [9.17, 15) is 9.18 Å². The monoisotopic (exact) mass is 224 g/mol. The SMILES string of the molecule is CCO/C=C/c1ccc(F)c(CC(=O)O)c1. The Morgan fingerprint density at radius 2 is 2.31 bits per heavy atom. The summed E-state index contributed by atoms with van der Waals surface area (Å²) >= 11 is 0. The maximum absolute atomic E-state index is 13.2. The van der Waals surface area contributed by atoms with Gasteiger partial charge in [0.25, 0.3) is 0 Å². The maximum Gasteiger partial charge on any atom is 0.307 e. The molecule has 86 valence electrons. The molecule has 0 aliphatic carbocycles. The summed E-state index contributed by atoms with van der Waals surface area (Å²) in [6.07, 6.45) is 2.84. The van der Waals surface area contributed by atoms with Crippen molar-refractivity contribution in [1.82, 2.24) is 0 Å². The van der Waals surface area contributed by atoms with E-state index < -0.39 is 11.8 Å². The predicted octanol–water partition coefficient (Wildman–Crippen LogP) is 2.46. The molecule has 1 N–H and O–H groups in total. The molecule has 0 heterocycles. The summed E-state index contributed by atoms with van der Waals surface area (Å²) in [4.78, 5) is 10.5. The van der Waals surface area contributed by atoms with Gasteiger partial charge in [-0.3, -0.25) is 4.79 Å². The highest BCUT2D eigenvalue weighted by Gasteiger charge is 2.06. The number of carbonyl (C=O) groups is 1. The molecule has 0 radical (unpaired) electrons. The summed E-state index contributed by atoms with van der Waals surface area (Å²) in [6, 6.07) is 4.32. The smallest absolute Gasteiger partial charge is 0.307 e. The number of ether oxygens (including phenoxy) is 1. The Morgan fingerprint density at radius 1 is 1.56 bits per heavy atom. The topological polar surface area (TPSA) is 46.5 Å². The Balaban J connectivity index is 2.84. The van der Waals surface area contributed by atoms with Crippen LogP contribution in [0.5, 0.6) is 0 Å². The lowest BCUT2D eigenvalue weighted by Gasteiger charge is -2.01. The lowest BCUT2D eigenvalue weighted by molar-refractivity contribution is -0.136. The molecule has 1 rings (SSSR count). The number of aliphatic carboxylic acids is 1. The molecule has 0 fully saturated rings. The van der Waals surface area contributed by atoms with Crippen LogP contribution < -0.4 is 0 Å². The second-order valence-corrected chi connectivity index (χ2v) is 3.18. The van der Waals surface area contributed by atoms with E-state index in [4.69, 9.17) is 9.84 Å². The molecule has 3 nitrogen and oxygen atoms in total. The Kier molecular flexibility index (Phi) is 4.51. The third kappa shape index (κ3) is 3.73. The van der Waals surface area contributed by atoms with Crippen LogP contribution in [0.2, 0.25) is 0 Å². The fourth-order valence-electron chi connectivity index (χ4n) is 1.22. The number of hydrogen-bond donors (Lipinski definition) is 1. The minimum Gasteiger partial charge on any atom is -0.501 e. The van der Waals surface area contributed by atoms with Gasteiger partial charge in [-0.1, -0.05) is 6.07 Å². The molecule has 0 bridgehead atoms. The third-order valence-electron chi connectivity index (χ3n) is 1.93. The quantitative estimate of drug-likeness (QED) is 0.781. The van der Waals surface area contributed by atoms with Gasteiger partial charge in [-0.25, -0.2) is 4.39 Å². The third-order valence-corrected chi connectivity index (χ3v) is 1.93. The van der Waals surface area contributed by atoms with Gasteiger partial charge in [0, 0.05) is 0 Å². The minimum absolute atomic E-state index is 0.172. The van der Waals surface area contributed by atoms with E-state index in [1.54, 1.807) is 12.1 Å². The molecule has 0 aliphatic rings. The van der Waals surface area contributed by atoms with Crippen molar-refractivity contribution < 1.29 is 19.0 Å². The van der Waals surface area contributed by atoms with Gasteiger partial charge in [-0.15, -0.1) is 0 Å². The maximum atomic E-state index is 13.2. The average molecular weight is 224 g/mol. The van der Waals surface area contributed by atoms with Crippen molar-refractivity contribution >= 4 is 12.0 Å². The van der Waals surface area contributed by atoms with Crippen LogP contribution in [-0.2, 0) is 16.0 Å². The second kappa shape index (κ2) is 5.90. The van der Waals surface area contributed by atoms with Gasteiger partial charge in [0.1, 0.15) is 5.82 Å². The van der Waals surface area contributed by atoms with Gasteiger partial charge < -0.3 is 9.84 Å². The molecule has 0 aliphatic heterocycles.